The van der Waals surface area contributed by atoms with Crippen molar-refractivity contribution < 1.29 is 14.7 Å². The second-order valence-corrected chi connectivity index (χ2v) is 7.46. The Bertz CT molecular complexity index is 527. The van der Waals surface area contributed by atoms with E-state index in [0.29, 0.717) is 17.9 Å². The number of nitrogens with one attached hydrogen (secondary N) is 1. The highest BCUT2D eigenvalue weighted by atomic mass is 35.5. The monoisotopic (exact) mass is 341 g/mol. The van der Waals surface area contributed by atoms with E-state index in [1.54, 1.807) is 0 Å². The summed E-state index contributed by atoms with van der Waals surface area (Å²) in [5.74, 6) is -0.982. The normalized spacial score (nSPS) is 22.8. The fourth-order valence-corrected chi connectivity index (χ4v) is 3.58. The van der Waals surface area contributed by atoms with Crippen LogP contribution < -0.4 is 5.32 Å². The number of rotatable bonds is 5. The van der Waals surface area contributed by atoms with Gasteiger partial charge in [-0.1, -0.05) is 11.6 Å². The zero-order chi connectivity index (χ0) is 16.1. The summed E-state index contributed by atoms with van der Waals surface area (Å²) in [6, 6.07) is 7.50. The summed E-state index contributed by atoms with van der Waals surface area (Å²) in [7, 11) is 0. The van der Waals surface area contributed by atoms with E-state index in [2.05, 4.69) is 5.32 Å². The second kappa shape index (κ2) is 7.88. The molecule has 1 atom stereocenters. The van der Waals surface area contributed by atoms with Gasteiger partial charge in [-0.05, 0) is 56.9 Å². The molecule has 2 N–H and O–H groups in total. The Morgan fingerprint density at radius 3 is 2.36 bits per heavy atom. The van der Waals surface area contributed by atoms with Crippen LogP contribution >= 0.6 is 23.4 Å². The van der Waals surface area contributed by atoms with Gasteiger partial charge in [0.25, 0.3) is 0 Å². The van der Waals surface area contributed by atoms with E-state index >= 15 is 0 Å². The maximum Gasteiger partial charge on any atom is 0.306 e. The van der Waals surface area contributed by atoms with Gasteiger partial charge in [-0.2, -0.15) is 0 Å². The summed E-state index contributed by atoms with van der Waals surface area (Å²) >= 11 is 7.33. The van der Waals surface area contributed by atoms with E-state index in [0.717, 1.165) is 17.7 Å². The van der Waals surface area contributed by atoms with Crippen LogP contribution in [0.4, 0.5) is 0 Å². The van der Waals surface area contributed by atoms with Crippen molar-refractivity contribution in [1.29, 1.82) is 0 Å². The molecule has 1 aromatic carbocycles. The molecular weight excluding hydrogens is 322 g/mol. The average molecular weight is 342 g/mol. The molecule has 1 fully saturated rings. The van der Waals surface area contributed by atoms with Crippen molar-refractivity contribution in [3.05, 3.63) is 29.3 Å². The van der Waals surface area contributed by atoms with Gasteiger partial charge in [0.2, 0.25) is 5.91 Å². The van der Waals surface area contributed by atoms with Crippen molar-refractivity contribution in [3.63, 3.8) is 0 Å². The van der Waals surface area contributed by atoms with Gasteiger partial charge >= 0.3 is 5.97 Å². The van der Waals surface area contributed by atoms with Crippen molar-refractivity contribution >= 4 is 35.2 Å². The number of thioether (sulfide) groups is 1. The highest BCUT2D eigenvalue weighted by Gasteiger charge is 2.27. The Kier molecular flexibility index (Phi) is 6.15. The molecule has 0 saturated heterocycles. The molecule has 22 heavy (non-hydrogen) atoms. The van der Waals surface area contributed by atoms with Crippen LogP contribution in [0.15, 0.2) is 29.2 Å². The highest BCUT2D eigenvalue weighted by Crippen LogP contribution is 2.27. The smallest absolute Gasteiger partial charge is 0.306 e. The van der Waals surface area contributed by atoms with Crippen molar-refractivity contribution in [2.24, 2.45) is 5.92 Å². The molecule has 0 bridgehead atoms. The number of benzene rings is 1. The number of amides is 1. The molecule has 4 nitrogen and oxygen atoms in total. The number of carbonyl (C=O) groups excluding carboxylic acids is 1. The molecule has 1 unspecified atom stereocenters. The molecule has 0 aliphatic heterocycles. The first-order chi connectivity index (χ1) is 10.5. The zero-order valence-corrected chi connectivity index (χ0v) is 14.0. The molecular formula is C16H20ClNO3S. The van der Waals surface area contributed by atoms with Crippen molar-refractivity contribution in [1.82, 2.24) is 5.32 Å². The van der Waals surface area contributed by atoms with E-state index in [9.17, 15) is 9.59 Å². The summed E-state index contributed by atoms with van der Waals surface area (Å²) in [6.07, 6.45) is 2.75. The molecule has 1 aromatic rings. The van der Waals surface area contributed by atoms with Crippen LogP contribution in [0.5, 0.6) is 0 Å². The molecule has 1 amide bonds. The predicted molar refractivity (Wildman–Crippen MR) is 88.3 cm³/mol. The lowest BCUT2D eigenvalue weighted by molar-refractivity contribution is -0.142. The van der Waals surface area contributed by atoms with Gasteiger partial charge in [-0.3, -0.25) is 9.59 Å². The van der Waals surface area contributed by atoms with E-state index < -0.39 is 5.97 Å². The van der Waals surface area contributed by atoms with Crippen LogP contribution in [0.1, 0.15) is 32.6 Å². The molecule has 2 rings (SSSR count). The first kappa shape index (κ1) is 17.2. The molecule has 0 spiro atoms. The lowest BCUT2D eigenvalue weighted by Gasteiger charge is -2.27. The molecule has 1 aliphatic carbocycles. The first-order valence-electron chi connectivity index (χ1n) is 7.41. The van der Waals surface area contributed by atoms with E-state index in [1.165, 1.54) is 11.8 Å². The highest BCUT2D eigenvalue weighted by molar-refractivity contribution is 8.00. The van der Waals surface area contributed by atoms with Crippen molar-refractivity contribution in [2.45, 2.75) is 48.8 Å². The van der Waals surface area contributed by atoms with E-state index in [4.69, 9.17) is 16.7 Å². The van der Waals surface area contributed by atoms with Gasteiger partial charge in [0, 0.05) is 16.0 Å². The van der Waals surface area contributed by atoms with Crippen LogP contribution in [0.2, 0.25) is 5.02 Å². The molecule has 0 radical (unpaired) electrons. The first-order valence-corrected chi connectivity index (χ1v) is 8.67. The van der Waals surface area contributed by atoms with Crippen LogP contribution in [-0.2, 0) is 9.59 Å². The Morgan fingerprint density at radius 2 is 1.82 bits per heavy atom. The molecule has 0 aromatic heterocycles. The van der Waals surface area contributed by atoms with Crippen LogP contribution in [0.25, 0.3) is 0 Å². The van der Waals surface area contributed by atoms with Crippen LogP contribution in [0, 0.1) is 5.92 Å². The third-order valence-corrected chi connectivity index (χ3v) is 5.28. The minimum absolute atomic E-state index is 0.00118. The third-order valence-electron chi connectivity index (χ3n) is 3.92. The van der Waals surface area contributed by atoms with Gasteiger partial charge in [-0.25, -0.2) is 0 Å². The average Bonchev–Trinajstić information content (AvgIpc) is 2.50. The van der Waals surface area contributed by atoms with E-state index in [-0.39, 0.29) is 23.1 Å². The second-order valence-electron chi connectivity index (χ2n) is 5.61. The number of carboxylic acid groups (broad SMARTS) is 1. The Morgan fingerprint density at radius 1 is 1.23 bits per heavy atom. The lowest BCUT2D eigenvalue weighted by Crippen LogP contribution is -2.42. The maximum atomic E-state index is 12.2. The predicted octanol–water partition coefficient (Wildman–Crippen LogP) is 3.58. The third kappa shape index (κ3) is 4.92. The fourth-order valence-electron chi connectivity index (χ4n) is 2.57. The van der Waals surface area contributed by atoms with Crippen molar-refractivity contribution in [3.8, 4) is 0 Å². The number of carbonyl (C=O) groups is 2. The standard InChI is InChI=1S/C16H20ClNO3S/c1-10(22-14-8-4-12(17)5-9-14)15(19)18-13-6-2-11(3-7-13)16(20)21/h4-5,8-11,13H,2-3,6-7H2,1H3,(H,18,19)(H,20,21). The Balaban J connectivity index is 1.79. The number of hydrogen-bond acceptors (Lipinski definition) is 3. The topological polar surface area (TPSA) is 66.4 Å². The minimum atomic E-state index is -0.726. The number of aliphatic carboxylic acids is 1. The Hall–Kier alpha value is -1.20. The Labute approximate surface area is 139 Å². The minimum Gasteiger partial charge on any atom is -0.481 e. The van der Waals surface area contributed by atoms with Gasteiger partial charge in [0.1, 0.15) is 0 Å². The summed E-state index contributed by atoms with van der Waals surface area (Å²) in [4.78, 5) is 24.1. The van der Waals surface area contributed by atoms with Gasteiger partial charge in [-0.15, -0.1) is 11.8 Å². The largest absolute Gasteiger partial charge is 0.481 e. The fraction of sp³-hybridized carbons (Fsp3) is 0.500. The number of carboxylic acids is 1. The molecule has 1 aliphatic rings. The molecule has 6 heteroatoms. The zero-order valence-electron chi connectivity index (χ0n) is 12.4. The summed E-state index contributed by atoms with van der Waals surface area (Å²) in [6.45, 7) is 1.87. The van der Waals surface area contributed by atoms with Gasteiger partial charge in [0.05, 0.1) is 11.2 Å². The van der Waals surface area contributed by atoms with E-state index in [1.807, 2.05) is 31.2 Å². The summed E-state index contributed by atoms with van der Waals surface area (Å²) in [5.41, 5.74) is 0. The molecule has 120 valence electrons. The van der Waals surface area contributed by atoms with Gasteiger partial charge < -0.3 is 10.4 Å². The van der Waals surface area contributed by atoms with Crippen LogP contribution in [0.3, 0.4) is 0 Å². The summed E-state index contributed by atoms with van der Waals surface area (Å²) in [5, 5.41) is 12.5. The molecule has 1 saturated carbocycles. The number of hydrogen-bond donors (Lipinski definition) is 2. The lowest BCUT2D eigenvalue weighted by atomic mass is 9.86. The quantitative estimate of drug-likeness (QED) is 0.803. The SMILES string of the molecule is CC(Sc1ccc(Cl)cc1)C(=O)NC1CCC(C(=O)O)CC1. The maximum absolute atomic E-state index is 12.2. The molecule has 0 heterocycles. The summed E-state index contributed by atoms with van der Waals surface area (Å²) < 4.78 is 0. The number of halogens is 1. The van der Waals surface area contributed by atoms with Gasteiger partial charge in [0.15, 0.2) is 0 Å². The van der Waals surface area contributed by atoms with Crippen molar-refractivity contribution in [2.75, 3.05) is 0 Å². The van der Waals surface area contributed by atoms with Crippen LogP contribution in [-0.4, -0.2) is 28.3 Å².